The van der Waals surface area contributed by atoms with Crippen LogP contribution in [0.15, 0.2) is 35.5 Å². The number of hydrogen-bond donors (Lipinski definition) is 2. The highest BCUT2D eigenvalue weighted by Crippen LogP contribution is 2.14. The lowest BCUT2D eigenvalue weighted by Gasteiger charge is -2.19. The second kappa shape index (κ2) is 12.4. The van der Waals surface area contributed by atoms with E-state index in [1.807, 2.05) is 6.20 Å². The molecule has 0 aliphatic rings. The maximum Gasteiger partial charge on any atom is 0.191 e. The van der Waals surface area contributed by atoms with Gasteiger partial charge in [-0.25, -0.2) is 4.98 Å². The number of halogens is 1. The van der Waals surface area contributed by atoms with Gasteiger partial charge in [0.15, 0.2) is 5.96 Å². The molecule has 0 saturated heterocycles. The van der Waals surface area contributed by atoms with E-state index < -0.39 is 0 Å². The van der Waals surface area contributed by atoms with Crippen molar-refractivity contribution in [2.45, 2.75) is 59.3 Å². The SMILES string of the molecule is CCc1cnc(CCNC(=NC)NCc2cccc(COC(C)(C)C)c2)s1.I. The van der Waals surface area contributed by atoms with Crippen molar-refractivity contribution in [3.05, 3.63) is 51.5 Å². The van der Waals surface area contributed by atoms with Gasteiger partial charge < -0.3 is 15.4 Å². The molecule has 0 bridgehead atoms. The third kappa shape index (κ3) is 9.34. The lowest BCUT2D eigenvalue weighted by Crippen LogP contribution is -2.37. The van der Waals surface area contributed by atoms with Gasteiger partial charge in [-0.05, 0) is 38.3 Å². The fourth-order valence-corrected chi connectivity index (χ4v) is 3.31. The van der Waals surface area contributed by atoms with Gasteiger partial charge in [-0.3, -0.25) is 4.99 Å². The Morgan fingerprint density at radius 2 is 1.96 bits per heavy atom. The van der Waals surface area contributed by atoms with E-state index in [9.17, 15) is 0 Å². The summed E-state index contributed by atoms with van der Waals surface area (Å²) >= 11 is 1.79. The highest BCUT2D eigenvalue weighted by atomic mass is 127. The van der Waals surface area contributed by atoms with E-state index in [2.05, 4.69) is 72.6 Å². The number of aromatic nitrogens is 1. The minimum atomic E-state index is -0.129. The zero-order chi connectivity index (χ0) is 19.7. The van der Waals surface area contributed by atoms with Gasteiger partial charge >= 0.3 is 0 Å². The first kappa shape index (κ1) is 24.8. The summed E-state index contributed by atoms with van der Waals surface area (Å²) in [6.45, 7) is 10.5. The van der Waals surface area contributed by atoms with E-state index in [1.54, 1.807) is 18.4 Å². The molecule has 0 saturated carbocycles. The summed E-state index contributed by atoms with van der Waals surface area (Å²) in [6, 6.07) is 8.46. The fraction of sp³-hybridized carbons (Fsp3) is 0.524. The average Bonchev–Trinajstić information content (AvgIpc) is 3.10. The number of nitrogens with one attached hydrogen (secondary N) is 2. The van der Waals surface area contributed by atoms with Gasteiger partial charge in [0.2, 0.25) is 0 Å². The molecular weight excluding hydrogens is 483 g/mol. The van der Waals surface area contributed by atoms with E-state index in [0.29, 0.717) is 6.61 Å². The number of hydrogen-bond acceptors (Lipinski definition) is 4. The van der Waals surface area contributed by atoms with E-state index in [-0.39, 0.29) is 29.6 Å². The Labute approximate surface area is 190 Å². The number of aryl methyl sites for hydroxylation is 1. The van der Waals surface area contributed by atoms with Crippen LogP contribution in [0.1, 0.15) is 48.7 Å². The molecule has 156 valence electrons. The van der Waals surface area contributed by atoms with Crippen LogP contribution in [0.3, 0.4) is 0 Å². The molecule has 0 fully saturated rings. The number of nitrogens with zero attached hydrogens (tertiary/aromatic N) is 2. The van der Waals surface area contributed by atoms with E-state index in [1.165, 1.54) is 21.0 Å². The highest BCUT2D eigenvalue weighted by molar-refractivity contribution is 14.0. The van der Waals surface area contributed by atoms with Crippen molar-refractivity contribution < 1.29 is 4.74 Å². The molecule has 0 aliphatic carbocycles. The van der Waals surface area contributed by atoms with Crippen LogP contribution >= 0.6 is 35.3 Å². The fourth-order valence-electron chi connectivity index (χ4n) is 2.45. The minimum absolute atomic E-state index is 0. The maximum absolute atomic E-state index is 5.86. The van der Waals surface area contributed by atoms with Gasteiger partial charge in [-0.1, -0.05) is 31.2 Å². The number of aliphatic imine (C=N–C) groups is 1. The largest absolute Gasteiger partial charge is 0.371 e. The smallest absolute Gasteiger partial charge is 0.191 e. The predicted molar refractivity (Wildman–Crippen MR) is 130 cm³/mol. The summed E-state index contributed by atoms with van der Waals surface area (Å²) in [4.78, 5) is 10.1. The van der Waals surface area contributed by atoms with Crippen molar-refractivity contribution >= 4 is 41.3 Å². The zero-order valence-corrected chi connectivity index (χ0v) is 20.7. The lowest BCUT2D eigenvalue weighted by atomic mass is 10.1. The van der Waals surface area contributed by atoms with Gasteiger partial charge in [0.1, 0.15) is 0 Å². The van der Waals surface area contributed by atoms with E-state index in [0.717, 1.165) is 31.9 Å². The predicted octanol–water partition coefficient (Wildman–Crippen LogP) is 4.55. The van der Waals surface area contributed by atoms with Crippen LogP contribution in [0.5, 0.6) is 0 Å². The zero-order valence-electron chi connectivity index (χ0n) is 17.5. The van der Waals surface area contributed by atoms with Crippen molar-refractivity contribution in [2.75, 3.05) is 13.6 Å². The first-order valence-electron chi connectivity index (χ1n) is 9.49. The molecule has 0 spiro atoms. The van der Waals surface area contributed by atoms with Crippen molar-refractivity contribution in [1.82, 2.24) is 15.6 Å². The van der Waals surface area contributed by atoms with Crippen LogP contribution in [0.25, 0.3) is 0 Å². The third-order valence-electron chi connectivity index (χ3n) is 3.93. The molecular formula is C21H33IN4OS. The molecule has 0 radical (unpaired) electrons. The number of thiazole rings is 1. The van der Waals surface area contributed by atoms with E-state index in [4.69, 9.17) is 4.74 Å². The normalized spacial score (nSPS) is 11.8. The topological polar surface area (TPSA) is 58.5 Å². The first-order valence-corrected chi connectivity index (χ1v) is 10.3. The summed E-state index contributed by atoms with van der Waals surface area (Å²) in [5, 5.41) is 7.89. The van der Waals surface area contributed by atoms with Crippen LogP contribution < -0.4 is 10.6 Å². The number of guanidine groups is 1. The van der Waals surface area contributed by atoms with Gasteiger partial charge in [0.25, 0.3) is 0 Å². The minimum Gasteiger partial charge on any atom is -0.371 e. The van der Waals surface area contributed by atoms with Crippen LogP contribution in [-0.2, 0) is 30.7 Å². The number of rotatable bonds is 8. The molecule has 0 unspecified atom stereocenters. The van der Waals surface area contributed by atoms with Crippen molar-refractivity contribution in [2.24, 2.45) is 4.99 Å². The Kier molecular flexibility index (Phi) is 11.0. The lowest BCUT2D eigenvalue weighted by molar-refractivity contribution is -0.0149. The highest BCUT2D eigenvalue weighted by Gasteiger charge is 2.10. The summed E-state index contributed by atoms with van der Waals surface area (Å²) in [5.74, 6) is 0.804. The molecule has 0 atom stereocenters. The Bertz CT molecular complexity index is 740. The van der Waals surface area contributed by atoms with Crippen LogP contribution in [0.4, 0.5) is 0 Å². The Hall–Kier alpha value is -1.19. The Morgan fingerprint density at radius 3 is 2.61 bits per heavy atom. The summed E-state index contributed by atoms with van der Waals surface area (Å²) in [7, 11) is 1.79. The molecule has 2 N–H and O–H groups in total. The maximum atomic E-state index is 5.86. The van der Waals surface area contributed by atoms with E-state index >= 15 is 0 Å². The van der Waals surface area contributed by atoms with Crippen molar-refractivity contribution in [1.29, 1.82) is 0 Å². The van der Waals surface area contributed by atoms with Crippen LogP contribution in [0, 0.1) is 0 Å². The monoisotopic (exact) mass is 516 g/mol. The van der Waals surface area contributed by atoms with Gasteiger partial charge in [0.05, 0.1) is 17.2 Å². The molecule has 0 aliphatic heterocycles. The summed E-state index contributed by atoms with van der Waals surface area (Å²) in [5.41, 5.74) is 2.26. The molecule has 5 nitrogen and oxygen atoms in total. The average molecular weight is 516 g/mol. The van der Waals surface area contributed by atoms with Gasteiger partial charge in [-0.15, -0.1) is 35.3 Å². The standard InChI is InChI=1S/C21H32N4OS.HI/c1-6-18-14-24-19(27-18)10-11-23-20(22-5)25-13-16-8-7-9-17(12-16)15-26-21(2,3)4;/h7-9,12,14H,6,10-11,13,15H2,1-5H3,(H2,22,23,25);1H. The molecule has 28 heavy (non-hydrogen) atoms. The summed E-state index contributed by atoms with van der Waals surface area (Å²) in [6.07, 6.45) is 3.93. The number of ether oxygens (including phenoxy) is 1. The molecule has 7 heteroatoms. The second-order valence-electron chi connectivity index (χ2n) is 7.40. The molecule has 2 aromatic rings. The molecule has 1 heterocycles. The van der Waals surface area contributed by atoms with Gasteiger partial charge in [0, 0.05) is 37.6 Å². The van der Waals surface area contributed by atoms with Crippen LogP contribution in [0.2, 0.25) is 0 Å². The molecule has 1 aromatic carbocycles. The van der Waals surface area contributed by atoms with Gasteiger partial charge in [-0.2, -0.15) is 0 Å². The first-order chi connectivity index (χ1) is 12.9. The second-order valence-corrected chi connectivity index (χ2v) is 8.60. The third-order valence-corrected chi connectivity index (χ3v) is 5.13. The molecule has 1 aromatic heterocycles. The Morgan fingerprint density at radius 1 is 1.21 bits per heavy atom. The summed E-state index contributed by atoms with van der Waals surface area (Å²) < 4.78 is 5.86. The Balaban J connectivity index is 0.00000392. The van der Waals surface area contributed by atoms with Crippen molar-refractivity contribution in [3.63, 3.8) is 0 Å². The number of benzene rings is 1. The van der Waals surface area contributed by atoms with Crippen molar-refractivity contribution in [3.8, 4) is 0 Å². The molecule has 0 amide bonds. The molecule has 2 rings (SSSR count). The van der Waals surface area contributed by atoms with Crippen LogP contribution in [-0.4, -0.2) is 30.1 Å². The quantitative estimate of drug-likeness (QED) is 0.307.